The topological polar surface area (TPSA) is 55.4 Å². The van der Waals surface area contributed by atoms with Crippen molar-refractivity contribution in [1.82, 2.24) is 5.32 Å². The number of nitrogens with one attached hydrogen (secondary N) is 1. The van der Waals surface area contributed by atoms with Crippen LogP contribution in [0, 0.1) is 11.8 Å². The normalized spacial score (nSPS) is 25.3. The molecule has 0 aromatic rings. The zero-order valence-corrected chi connectivity index (χ0v) is 13.3. The Morgan fingerprint density at radius 3 is 2.68 bits per heavy atom. The average Bonchev–Trinajstić information content (AvgIpc) is 2.70. The first-order valence-electron chi connectivity index (χ1n) is 7.41. The highest BCUT2D eigenvalue weighted by molar-refractivity contribution is 7.91. The molecular formula is C14H29NO3S. The number of hydrogen-bond donors (Lipinski definition) is 1. The van der Waals surface area contributed by atoms with Crippen LogP contribution in [0.15, 0.2) is 0 Å². The Bertz CT molecular complexity index is 343. The van der Waals surface area contributed by atoms with Crippen LogP contribution in [0.5, 0.6) is 0 Å². The highest BCUT2D eigenvalue weighted by Crippen LogP contribution is 2.26. The van der Waals surface area contributed by atoms with Crippen molar-refractivity contribution in [3.05, 3.63) is 0 Å². The Labute approximate surface area is 118 Å². The van der Waals surface area contributed by atoms with Crippen molar-refractivity contribution in [2.24, 2.45) is 11.8 Å². The van der Waals surface area contributed by atoms with Crippen molar-refractivity contribution in [2.45, 2.75) is 45.6 Å². The van der Waals surface area contributed by atoms with Crippen LogP contribution in [-0.4, -0.2) is 46.2 Å². The molecule has 5 heteroatoms. The summed E-state index contributed by atoms with van der Waals surface area (Å²) in [5.41, 5.74) is 0. The molecule has 19 heavy (non-hydrogen) atoms. The second kappa shape index (κ2) is 8.22. The minimum absolute atomic E-state index is 0.337. The van der Waals surface area contributed by atoms with Gasteiger partial charge in [0.25, 0.3) is 0 Å². The van der Waals surface area contributed by atoms with Crippen molar-refractivity contribution in [2.75, 3.05) is 31.8 Å². The van der Waals surface area contributed by atoms with Crippen molar-refractivity contribution in [1.29, 1.82) is 0 Å². The van der Waals surface area contributed by atoms with Gasteiger partial charge in [-0.1, -0.05) is 13.8 Å². The van der Waals surface area contributed by atoms with Crippen molar-refractivity contribution >= 4 is 9.84 Å². The van der Waals surface area contributed by atoms with Crippen LogP contribution >= 0.6 is 0 Å². The molecule has 1 N–H and O–H groups in total. The lowest BCUT2D eigenvalue weighted by Crippen LogP contribution is -2.38. The van der Waals surface area contributed by atoms with Crippen LogP contribution in [0.4, 0.5) is 0 Å². The first-order valence-corrected chi connectivity index (χ1v) is 9.23. The van der Waals surface area contributed by atoms with Gasteiger partial charge in [0.05, 0.1) is 11.5 Å². The lowest BCUT2D eigenvalue weighted by atomic mass is 9.89. The Hall–Kier alpha value is -0.130. The molecule has 114 valence electrons. The van der Waals surface area contributed by atoms with E-state index in [1.165, 1.54) is 0 Å². The third-order valence-electron chi connectivity index (χ3n) is 4.03. The Morgan fingerprint density at radius 1 is 1.42 bits per heavy atom. The number of methoxy groups -OCH3 is 1. The van der Waals surface area contributed by atoms with Crippen LogP contribution < -0.4 is 5.32 Å². The van der Waals surface area contributed by atoms with Gasteiger partial charge in [-0.25, -0.2) is 8.42 Å². The van der Waals surface area contributed by atoms with Crippen molar-refractivity contribution < 1.29 is 13.2 Å². The van der Waals surface area contributed by atoms with Crippen molar-refractivity contribution in [3.8, 4) is 0 Å². The summed E-state index contributed by atoms with van der Waals surface area (Å²) in [5.74, 6) is 1.62. The second-order valence-electron chi connectivity index (χ2n) is 5.82. The molecule has 3 atom stereocenters. The average molecular weight is 291 g/mol. The molecule has 4 nitrogen and oxygen atoms in total. The molecule has 0 bridgehead atoms. The quantitative estimate of drug-likeness (QED) is 0.704. The zero-order chi connectivity index (χ0) is 14.3. The molecule has 1 aliphatic rings. The first kappa shape index (κ1) is 16.9. The fraction of sp³-hybridized carbons (Fsp3) is 1.00. The summed E-state index contributed by atoms with van der Waals surface area (Å²) in [6, 6.07) is 0.411. The lowest BCUT2D eigenvalue weighted by molar-refractivity contribution is 0.165. The van der Waals surface area contributed by atoms with Gasteiger partial charge in [0.1, 0.15) is 0 Å². The first-order chi connectivity index (χ1) is 8.98. The Kier molecular flexibility index (Phi) is 7.32. The van der Waals surface area contributed by atoms with Gasteiger partial charge in [-0.05, 0) is 44.1 Å². The van der Waals surface area contributed by atoms with E-state index in [4.69, 9.17) is 4.74 Å². The summed E-state index contributed by atoms with van der Waals surface area (Å²) < 4.78 is 28.2. The van der Waals surface area contributed by atoms with Crippen molar-refractivity contribution in [3.63, 3.8) is 0 Å². The van der Waals surface area contributed by atoms with E-state index in [1.54, 1.807) is 7.11 Å². The molecule has 0 radical (unpaired) electrons. The Morgan fingerprint density at radius 2 is 2.16 bits per heavy atom. The largest absolute Gasteiger partial charge is 0.385 e. The molecule has 0 aliphatic carbocycles. The summed E-state index contributed by atoms with van der Waals surface area (Å²) in [5, 5.41) is 3.58. The molecule has 0 saturated carbocycles. The highest BCUT2D eigenvalue weighted by Gasteiger charge is 2.31. The molecule has 0 spiro atoms. The summed E-state index contributed by atoms with van der Waals surface area (Å²) in [4.78, 5) is 0. The smallest absolute Gasteiger partial charge is 0.150 e. The third kappa shape index (κ3) is 6.23. The number of ether oxygens (including phenoxy) is 1. The monoisotopic (exact) mass is 291 g/mol. The number of sulfone groups is 1. The van der Waals surface area contributed by atoms with Gasteiger partial charge in [0.2, 0.25) is 0 Å². The minimum Gasteiger partial charge on any atom is -0.385 e. The van der Waals surface area contributed by atoms with Gasteiger partial charge in [0.15, 0.2) is 9.84 Å². The SMILES string of the molecule is CCCNC(CC1CCS(=O)(=O)C1)C(C)CCOC. The van der Waals surface area contributed by atoms with Gasteiger partial charge >= 0.3 is 0 Å². The molecule has 0 aromatic carbocycles. The van der Waals surface area contributed by atoms with Gasteiger partial charge in [-0.2, -0.15) is 0 Å². The van der Waals surface area contributed by atoms with Gasteiger partial charge in [0, 0.05) is 19.8 Å². The van der Waals surface area contributed by atoms with Crippen LogP contribution in [0.3, 0.4) is 0 Å². The van der Waals surface area contributed by atoms with E-state index in [9.17, 15) is 8.42 Å². The summed E-state index contributed by atoms with van der Waals surface area (Å²) in [6.45, 7) is 6.16. The maximum Gasteiger partial charge on any atom is 0.150 e. The standard InChI is InChI=1S/C14H29NO3S/c1-4-7-15-14(12(2)5-8-18-3)10-13-6-9-19(16,17)11-13/h12-15H,4-11H2,1-3H3. The predicted molar refractivity (Wildman–Crippen MR) is 79.1 cm³/mol. The fourth-order valence-electron chi connectivity index (χ4n) is 2.77. The Balaban J connectivity index is 2.49. The van der Waals surface area contributed by atoms with E-state index >= 15 is 0 Å². The van der Waals surface area contributed by atoms with E-state index in [2.05, 4.69) is 19.2 Å². The third-order valence-corrected chi connectivity index (χ3v) is 5.87. The fourth-order valence-corrected chi connectivity index (χ4v) is 4.65. The molecule has 0 aromatic heterocycles. The summed E-state index contributed by atoms with van der Waals surface area (Å²) in [6.07, 6.45) is 3.95. The molecule has 3 unspecified atom stereocenters. The minimum atomic E-state index is -2.76. The van der Waals surface area contributed by atoms with Crippen LogP contribution in [-0.2, 0) is 14.6 Å². The maximum absolute atomic E-state index is 11.5. The number of rotatable bonds is 9. The van der Waals surface area contributed by atoms with Gasteiger partial charge < -0.3 is 10.1 Å². The van der Waals surface area contributed by atoms with Crippen LogP contribution in [0.1, 0.15) is 39.5 Å². The lowest BCUT2D eigenvalue weighted by Gasteiger charge is -2.27. The van der Waals surface area contributed by atoms with Crippen LogP contribution in [0.2, 0.25) is 0 Å². The molecule has 1 saturated heterocycles. The summed E-state index contributed by atoms with van der Waals surface area (Å²) >= 11 is 0. The van der Waals surface area contributed by atoms with E-state index in [0.717, 1.165) is 38.8 Å². The van der Waals surface area contributed by atoms with Gasteiger partial charge in [-0.15, -0.1) is 0 Å². The maximum atomic E-state index is 11.5. The zero-order valence-electron chi connectivity index (χ0n) is 12.5. The molecule has 1 aliphatic heterocycles. The van der Waals surface area contributed by atoms with Crippen LogP contribution in [0.25, 0.3) is 0 Å². The molecular weight excluding hydrogens is 262 g/mol. The van der Waals surface area contributed by atoms with E-state index in [1.807, 2.05) is 0 Å². The van der Waals surface area contributed by atoms with E-state index in [-0.39, 0.29) is 0 Å². The van der Waals surface area contributed by atoms with E-state index < -0.39 is 9.84 Å². The molecule has 0 amide bonds. The van der Waals surface area contributed by atoms with E-state index in [0.29, 0.717) is 29.4 Å². The number of hydrogen-bond acceptors (Lipinski definition) is 4. The molecule has 1 fully saturated rings. The second-order valence-corrected chi connectivity index (χ2v) is 8.05. The molecule has 1 rings (SSSR count). The van der Waals surface area contributed by atoms with Gasteiger partial charge in [-0.3, -0.25) is 0 Å². The predicted octanol–water partition coefficient (Wildman–Crippen LogP) is 1.85. The summed E-state index contributed by atoms with van der Waals surface area (Å²) in [7, 11) is -1.03. The highest BCUT2D eigenvalue weighted by atomic mass is 32.2. The molecule has 1 heterocycles.